The Labute approximate surface area is 309 Å². The zero-order chi connectivity index (χ0) is 36.9. The van der Waals surface area contributed by atoms with E-state index in [1.54, 1.807) is 17.7 Å². The summed E-state index contributed by atoms with van der Waals surface area (Å²) in [6.45, 7) is 24.4. The molecule has 10 heteroatoms. The Bertz CT molecular complexity index is 1650. The number of allylic oxidation sites excluding steroid dienone is 1. The van der Waals surface area contributed by atoms with E-state index in [9.17, 15) is 9.90 Å². The van der Waals surface area contributed by atoms with Gasteiger partial charge in [-0.05, 0) is 96.7 Å². The summed E-state index contributed by atoms with van der Waals surface area (Å²) in [5.74, 6) is 1.22. The number of rotatable bonds is 9. The van der Waals surface area contributed by atoms with E-state index in [1.165, 1.54) is 5.57 Å². The Balaban J connectivity index is 1.40. The fraction of sp³-hybridized carbons (Fsp3) is 0.805. The fourth-order valence-electron chi connectivity index (χ4n) is 12.5. The van der Waals surface area contributed by atoms with E-state index in [2.05, 4.69) is 85.0 Å². The number of aliphatic carboxylic acids is 1. The van der Waals surface area contributed by atoms with Crippen LogP contribution in [0.25, 0.3) is 11.5 Å². The molecular formula is C41H63N5O4S. The summed E-state index contributed by atoms with van der Waals surface area (Å²) in [6.07, 6.45) is 9.56. The summed E-state index contributed by atoms with van der Waals surface area (Å²) >= 11 is 1.56. The lowest BCUT2D eigenvalue weighted by atomic mass is 9.34. The predicted octanol–water partition coefficient (Wildman–Crippen LogP) is 8.29. The molecule has 1 saturated heterocycles. The number of aromatic nitrogens is 4. The van der Waals surface area contributed by atoms with Crippen LogP contribution in [0.1, 0.15) is 114 Å². The van der Waals surface area contributed by atoms with Crippen LogP contribution in [0.15, 0.2) is 28.9 Å². The minimum absolute atomic E-state index is 0.104. The number of hydrogen-bond donors (Lipinski definition) is 2. The molecule has 5 aliphatic rings. The highest BCUT2D eigenvalue weighted by molar-refractivity contribution is 7.07. The van der Waals surface area contributed by atoms with Gasteiger partial charge in [-0.3, -0.25) is 4.79 Å². The highest BCUT2D eigenvalue weighted by Crippen LogP contribution is 2.75. The van der Waals surface area contributed by atoms with Crippen LogP contribution < -0.4 is 5.73 Å². The van der Waals surface area contributed by atoms with Crippen molar-refractivity contribution in [3.8, 4) is 11.5 Å². The molecule has 7 rings (SSSR count). The normalized spacial score (nSPS) is 42.4. The van der Waals surface area contributed by atoms with Crippen LogP contribution in [0.4, 0.5) is 0 Å². The van der Waals surface area contributed by atoms with Gasteiger partial charge in [0.1, 0.15) is 12.0 Å². The van der Waals surface area contributed by atoms with Crippen molar-refractivity contribution in [1.82, 2.24) is 19.7 Å². The lowest BCUT2D eigenvalue weighted by Gasteiger charge is -2.71. The maximum atomic E-state index is 13.6. The van der Waals surface area contributed by atoms with Gasteiger partial charge in [0.2, 0.25) is 0 Å². The second-order valence-corrected chi connectivity index (χ2v) is 20.2. The second kappa shape index (κ2) is 12.5. The van der Waals surface area contributed by atoms with Gasteiger partial charge in [-0.15, -0.1) is 11.3 Å². The molecule has 3 saturated carbocycles. The molecule has 4 aliphatic carbocycles. The summed E-state index contributed by atoms with van der Waals surface area (Å²) < 4.78 is 16.2. The van der Waals surface area contributed by atoms with Crippen LogP contribution in [0, 0.1) is 62.6 Å². The number of nitrogens with two attached hydrogens (primary N) is 1. The summed E-state index contributed by atoms with van der Waals surface area (Å²) in [5.41, 5.74) is 9.18. The van der Waals surface area contributed by atoms with E-state index in [4.69, 9.17) is 25.3 Å². The minimum atomic E-state index is -0.633. The Morgan fingerprint density at radius 2 is 1.86 bits per heavy atom. The van der Waals surface area contributed by atoms with Crippen molar-refractivity contribution in [1.29, 1.82) is 0 Å². The summed E-state index contributed by atoms with van der Waals surface area (Å²) in [7, 11) is 0. The monoisotopic (exact) mass is 721 g/mol. The number of fused-ring (bicyclic) bond motifs is 3. The molecule has 3 heterocycles. The molecule has 3 N–H and O–H groups in total. The van der Waals surface area contributed by atoms with Gasteiger partial charge in [-0.25, -0.2) is 14.6 Å². The largest absolute Gasteiger partial charge is 0.481 e. The number of ether oxygens (including phenoxy) is 2. The Morgan fingerprint density at radius 1 is 1.12 bits per heavy atom. The van der Waals surface area contributed by atoms with Crippen molar-refractivity contribution in [3.63, 3.8) is 0 Å². The van der Waals surface area contributed by atoms with Gasteiger partial charge in [0, 0.05) is 16.3 Å². The van der Waals surface area contributed by atoms with Gasteiger partial charge in [0.15, 0.2) is 5.82 Å². The van der Waals surface area contributed by atoms with Gasteiger partial charge in [-0.2, -0.15) is 5.10 Å². The molecule has 12 atom stereocenters. The third-order valence-electron chi connectivity index (χ3n) is 16.5. The quantitative estimate of drug-likeness (QED) is 0.248. The summed E-state index contributed by atoms with van der Waals surface area (Å²) in [5, 5.41) is 18.1. The van der Waals surface area contributed by atoms with E-state index in [1.807, 2.05) is 10.9 Å². The number of nitrogens with zero attached hydrogens (tertiary/aromatic N) is 4. The number of carboxylic acids is 1. The molecule has 1 aliphatic heterocycles. The molecule has 0 spiro atoms. The van der Waals surface area contributed by atoms with E-state index in [0.717, 1.165) is 50.0 Å². The number of thiazole rings is 1. The highest BCUT2D eigenvalue weighted by atomic mass is 32.1. The average Bonchev–Trinajstić information content (AvgIpc) is 3.76. The Hall–Kier alpha value is -2.14. The zero-order valence-electron chi connectivity index (χ0n) is 32.7. The molecular weight excluding hydrogens is 659 g/mol. The molecule has 0 amide bonds. The van der Waals surface area contributed by atoms with Crippen LogP contribution >= 0.6 is 11.3 Å². The number of carboxylic acid groups (broad SMARTS) is 1. The zero-order valence-corrected chi connectivity index (χ0v) is 33.6. The summed E-state index contributed by atoms with van der Waals surface area (Å²) in [6, 6.07) is -0.105. The average molecular weight is 722 g/mol. The standard InChI is InChI=1S/C41H63N5O4S/c1-24(2)26(5)37(7)15-16-38(8)27-11-12-31-36(6)17-30(46-34(43-22-45-46)29-18-51-23-44-29)33(50-20-40(10,42)25(3)4)41(31,21-49-19-36)28(27)13-14-39(38,9)32(37)35(47)48/h13,18,22-27,30-33H,11-12,14-17,19-21,42H2,1-10H3,(H,47,48)/t26-,27+,30-,31-,32-,33+,36-,37-,38-,39+,40+,41+/m1/s1. The smallest absolute Gasteiger partial charge is 0.307 e. The van der Waals surface area contributed by atoms with Crippen molar-refractivity contribution in [2.24, 2.45) is 68.3 Å². The van der Waals surface area contributed by atoms with Crippen LogP contribution in [0.2, 0.25) is 0 Å². The van der Waals surface area contributed by atoms with Crippen LogP contribution in [0.3, 0.4) is 0 Å². The molecule has 51 heavy (non-hydrogen) atoms. The SMILES string of the molecule is CC(C)[C@@H](C)[C@@]1(C)CC[C@]2(C)[C@H]3CC[C@@H]4[C@@]5(C)COC[C@@]4(C3=CC[C@@]2(C)[C@@H]1C(=O)O)[C@@H](OC[C@](C)(N)C(C)C)[C@H](n1ncnc1-c1cscn1)C5. The Morgan fingerprint density at radius 3 is 2.51 bits per heavy atom. The molecule has 2 aromatic rings. The summed E-state index contributed by atoms with van der Waals surface area (Å²) in [4.78, 5) is 23.0. The molecule has 0 unspecified atom stereocenters. The minimum Gasteiger partial charge on any atom is -0.481 e. The van der Waals surface area contributed by atoms with Crippen molar-refractivity contribution in [2.75, 3.05) is 19.8 Å². The lowest BCUT2D eigenvalue weighted by molar-refractivity contribution is -0.254. The van der Waals surface area contributed by atoms with E-state index < -0.39 is 28.3 Å². The number of carbonyl (C=O) groups is 1. The third-order valence-corrected chi connectivity index (χ3v) is 17.0. The molecule has 2 bridgehead atoms. The van der Waals surface area contributed by atoms with E-state index in [-0.39, 0.29) is 40.2 Å². The van der Waals surface area contributed by atoms with Gasteiger partial charge in [-0.1, -0.05) is 74.0 Å². The lowest BCUT2D eigenvalue weighted by Crippen LogP contribution is -2.70. The second-order valence-electron chi connectivity index (χ2n) is 19.4. The Kier molecular flexibility index (Phi) is 9.08. The van der Waals surface area contributed by atoms with Crippen molar-refractivity contribution >= 4 is 17.3 Å². The van der Waals surface area contributed by atoms with E-state index >= 15 is 0 Å². The van der Waals surface area contributed by atoms with Crippen molar-refractivity contribution in [3.05, 3.63) is 28.9 Å². The first-order chi connectivity index (χ1) is 23.9. The first-order valence-corrected chi connectivity index (χ1v) is 20.5. The molecule has 282 valence electrons. The predicted molar refractivity (Wildman–Crippen MR) is 201 cm³/mol. The first-order valence-electron chi connectivity index (χ1n) is 19.6. The first kappa shape index (κ1) is 37.2. The van der Waals surface area contributed by atoms with Crippen molar-refractivity contribution < 1.29 is 19.4 Å². The molecule has 0 radical (unpaired) electrons. The number of hydrogen-bond acceptors (Lipinski definition) is 8. The highest BCUT2D eigenvalue weighted by Gasteiger charge is 2.72. The van der Waals surface area contributed by atoms with Gasteiger partial charge in [0.05, 0.1) is 43.4 Å². The molecule has 0 aromatic carbocycles. The van der Waals surface area contributed by atoms with Crippen LogP contribution in [-0.4, -0.2) is 62.3 Å². The third kappa shape index (κ3) is 5.22. The molecule has 2 aromatic heterocycles. The van der Waals surface area contributed by atoms with E-state index in [0.29, 0.717) is 37.6 Å². The van der Waals surface area contributed by atoms with Gasteiger partial charge in [0.25, 0.3) is 0 Å². The van der Waals surface area contributed by atoms with Crippen LogP contribution in [-0.2, 0) is 14.3 Å². The fourth-order valence-corrected chi connectivity index (χ4v) is 13.1. The molecule has 4 fully saturated rings. The van der Waals surface area contributed by atoms with Gasteiger partial charge >= 0.3 is 5.97 Å². The molecule has 9 nitrogen and oxygen atoms in total. The maximum Gasteiger partial charge on any atom is 0.307 e. The van der Waals surface area contributed by atoms with Crippen molar-refractivity contribution in [2.45, 2.75) is 125 Å². The van der Waals surface area contributed by atoms with Crippen LogP contribution in [0.5, 0.6) is 0 Å². The topological polar surface area (TPSA) is 125 Å². The van der Waals surface area contributed by atoms with Gasteiger partial charge < -0.3 is 20.3 Å². The maximum absolute atomic E-state index is 13.6.